The number of amides is 1. The first-order valence-electron chi connectivity index (χ1n) is 7.07. The SMILES string of the molecule is CC(C)C1CCCN(C(=O)c2c(N)cnn2C)CC1. The molecule has 1 aromatic rings. The lowest BCUT2D eigenvalue weighted by Crippen LogP contribution is -2.34. The number of rotatable bonds is 2. The summed E-state index contributed by atoms with van der Waals surface area (Å²) in [5, 5.41) is 4.04. The summed E-state index contributed by atoms with van der Waals surface area (Å²) < 4.78 is 1.57. The van der Waals surface area contributed by atoms with Gasteiger partial charge >= 0.3 is 0 Å². The van der Waals surface area contributed by atoms with Gasteiger partial charge in [-0.1, -0.05) is 13.8 Å². The normalized spacial score (nSPS) is 20.6. The number of nitrogen functional groups attached to an aromatic ring is 1. The number of nitrogens with two attached hydrogens (primary N) is 1. The highest BCUT2D eigenvalue weighted by molar-refractivity contribution is 5.97. The predicted molar refractivity (Wildman–Crippen MR) is 75.7 cm³/mol. The fraction of sp³-hybridized carbons (Fsp3) is 0.714. The fourth-order valence-electron chi connectivity index (χ4n) is 2.86. The quantitative estimate of drug-likeness (QED) is 0.887. The Labute approximate surface area is 114 Å². The van der Waals surface area contributed by atoms with Crippen molar-refractivity contribution < 1.29 is 4.79 Å². The highest BCUT2D eigenvalue weighted by atomic mass is 16.2. The fourth-order valence-corrected chi connectivity index (χ4v) is 2.86. The molecule has 1 unspecified atom stereocenters. The maximum atomic E-state index is 12.5. The molecule has 1 fully saturated rings. The Bertz CT molecular complexity index is 433. The topological polar surface area (TPSA) is 64.2 Å². The van der Waals surface area contributed by atoms with Crippen molar-refractivity contribution in [2.75, 3.05) is 18.8 Å². The predicted octanol–water partition coefficient (Wildman–Crippen LogP) is 1.90. The van der Waals surface area contributed by atoms with E-state index in [1.807, 2.05) is 4.90 Å². The second-order valence-electron chi connectivity index (χ2n) is 5.80. The Balaban J connectivity index is 2.08. The minimum atomic E-state index is 0.0157. The summed E-state index contributed by atoms with van der Waals surface area (Å²) in [7, 11) is 1.76. The van der Waals surface area contributed by atoms with Gasteiger partial charge in [0.25, 0.3) is 5.91 Å². The zero-order chi connectivity index (χ0) is 14.0. The first-order valence-corrected chi connectivity index (χ1v) is 7.07. The molecule has 0 aliphatic carbocycles. The summed E-state index contributed by atoms with van der Waals surface area (Å²) in [5.41, 5.74) is 6.82. The number of carbonyl (C=O) groups is 1. The van der Waals surface area contributed by atoms with E-state index in [1.54, 1.807) is 17.9 Å². The molecule has 0 bridgehead atoms. The number of aryl methyl sites for hydroxylation is 1. The van der Waals surface area contributed by atoms with Crippen LogP contribution in [0.2, 0.25) is 0 Å². The van der Waals surface area contributed by atoms with Crippen molar-refractivity contribution in [1.82, 2.24) is 14.7 Å². The van der Waals surface area contributed by atoms with Gasteiger partial charge in [-0.05, 0) is 31.1 Å². The molecule has 0 radical (unpaired) electrons. The van der Waals surface area contributed by atoms with Crippen molar-refractivity contribution in [3.8, 4) is 0 Å². The van der Waals surface area contributed by atoms with E-state index in [0.29, 0.717) is 17.3 Å². The first kappa shape index (κ1) is 13.9. The summed E-state index contributed by atoms with van der Waals surface area (Å²) in [5.74, 6) is 1.43. The molecule has 1 aliphatic heterocycles. The van der Waals surface area contributed by atoms with Crippen molar-refractivity contribution in [3.05, 3.63) is 11.9 Å². The van der Waals surface area contributed by atoms with Gasteiger partial charge in [-0.25, -0.2) is 0 Å². The van der Waals surface area contributed by atoms with Gasteiger partial charge in [0.15, 0.2) is 0 Å². The van der Waals surface area contributed by atoms with E-state index < -0.39 is 0 Å². The number of likely N-dealkylation sites (tertiary alicyclic amines) is 1. The third-order valence-corrected chi connectivity index (χ3v) is 4.17. The molecule has 106 valence electrons. The highest BCUT2D eigenvalue weighted by Crippen LogP contribution is 2.25. The molecular weight excluding hydrogens is 240 g/mol. The number of aromatic nitrogens is 2. The van der Waals surface area contributed by atoms with Crippen LogP contribution in [0.1, 0.15) is 43.6 Å². The lowest BCUT2D eigenvalue weighted by Gasteiger charge is -2.21. The van der Waals surface area contributed by atoms with E-state index in [-0.39, 0.29) is 5.91 Å². The monoisotopic (exact) mass is 264 g/mol. The Hall–Kier alpha value is -1.52. The molecular formula is C14H24N4O. The lowest BCUT2D eigenvalue weighted by molar-refractivity contribution is 0.0749. The molecule has 2 rings (SSSR count). The average molecular weight is 264 g/mol. The van der Waals surface area contributed by atoms with E-state index in [0.717, 1.165) is 31.8 Å². The molecule has 2 N–H and O–H groups in total. The number of anilines is 1. The first-order chi connectivity index (χ1) is 9.00. The van der Waals surface area contributed by atoms with Crippen molar-refractivity contribution in [2.45, 2.75) is 33.1 Å². The van der Waals surface area contributed by atoms with Crippen molar-refractivity contribution in [3.63, 3.8) is 0 Å². The Morgan fingerprint density at radius 3 is 2.74 bits per heavy atom. The molecule has 5 nitrogen and oxygen atoms in total. The molecule has 1 atom stereocenters. The van der Waals surface area contributed by atoms with Crippen LogP contribution in [0.5, 0.6) is 0 Å². The number of hydrogen-bond acceptors (Lipinski definition) is 3. The van der Waals surface area contributed by atoms with Crippen molar-refractivity contribution >= 4 is 11.6 Å². The van der Waals surface area contributed by atoms with Crippen LogP contribution in [-0.4, -0.2) is 33.7 Å². The van der Waals surface area contributed by atoms with Crippen molar-refractivity contribution in [1.29, 1.82) is 0 Å². The third kappa shape index (κ3) is 2.91. The standard InChI is InChI=1S/C14H24N4O/c1-10(2)11-5-4-7-18(8-6-11)14(19)13-12(15)9-16-17(13)3/h9-11H,4-8,15H2,1-3H3. The van der Waals surface area contributed by atoms with E-state index in [4.69, 9.17) is 5.73 Å². The maximum absolute atomic E-state index is 12.5. The Morgan fingerprint density at radius 2 is 2.16 bits per heavy atom. The van der Waals surface area contributed by atoms with Gasteiger partial charge in [0.1, 0.15) is 5.69 Å². The van der Waals surface area contributed by atoms with Crippen LogP contribution >= 0.6 is 0 Å². The molecule has 0 spiro atoms. The van der Waals surface area contributed by atoms with E-state index in [9.17, 15) is 4.79 Å². The summed E-state index contributed by atoms with van der Waals surface area (Å²) in [4.78, 5) is 14.4. The molecule has 0 aromatic carbocycles. The van der Waals surface area contributed by atoms with Gasteiger partial charge in [0, 0.05) is 20.1 Å². The summed E-state index contributed by atoms with van der Waals surface area (Å²) in [6.07, 6.45) is 4.91. The van der Waals surface area contributed by atoms with Gasteiger partial charge in [-0.15, -0.1) is 0 Å². The summed E-state index contributed by atoms with van der Waals surface area (Å²) in [6.45, 7) is 6.18. The molecule has 19 heavy (non-hydrogen) atoms. The Morgan fingerprint density at radius 1 is 1.42 bits per heavy atom. The van der Waals surface area contributed by atoms with E-state index in [2.05, 4.69) is 18.9 Å². The Kier molecular flexibility index (Phi) is 4.12. The summed E-state index contributed by atoms with van der Waals surface area (Å²) >= 11 is 0. The van der Waals surface area contributed by atoms with Gasteiger partial charge in [0.2, 0.25) is 0 Å². The molecule has 1 aromatic heterocycles. The van der Waals surface area contributed by atoms with Crippen molar-refractivity contribution in [2.24, 2.45) is 18.9 Å². The molecule has 1 amide bonds. The van der Waals surface area contributed by atoms with Crippen LogP contribution in [0.15, 0.2) is 6.20 Å². The average Bonchev–Trinajstić information content (AvgIpc) is 2.58. The molecule has 1 aliphatic rings. The molecule has 1 saturated heterocycles. The van der Waals surface area contributed by atoms with Crippen LogP contribution in [0.3, 0.4) is 0 Å². The highest BCUT2D eigenvalue weighted by Gasteiger charge is 2.25. The lowest BCUT2D eigenvalue weighted by atomic mass is 9.89. The van der Waals surface area contributed by atoms with Crippen LogP contribution in [0.4, 0.5) is 5.69 Å². The van der Waals surface area contributed by atoms with Crippen LogP contribution in [0, 0.1) is 11.8 Å². The smallest absolute Gasteiger partial charge is 0.274 e. The molecule has 0 saturated carbocycles. The number of hydrogen-bond donors (Lipinski definition) is 1. The van der Waals surface area contributed by atoms with Gasteiger partial charge in [0.05, 0.1) is 11.9 Å². The molecule has 2 heterocycles. The second kappa shape index (κ2) is 5.63. The second-order valence-corrected chi connectivity index (χ2v) is 5.80. The minimum absolute atomic E-state index is 0.0157. The van der Waals surface area contributed by atoms with E-state index in [1.165, 1.54) is 6.42 Å². The van der Waals surface area contributed by atoms with Crippen LogP contribution < -0.4 is 5.73 Å². The van der Waals surface area contributed by atoms with Gasteiger partial charge in [-0.2, -0.15) is 5.10 Å². The zero-order valence-corrected chi connectivity index (χ0v) is 12.1. The zero-order valence-electron chi connectivity index (χ0n) is 12.1. The minimum Gasteiger partial charge on any atom is -0.396 e. The maximum Gasteiger partial charge on any atom is 0.274 e. The number of carbonyl (C=O) groups excluding carboxylic acids is 1. The number of nitrogens with zero attached hydrogens (tertiary/aromatic N) is 3. The van der Waals surface area contributed by atoms with Crippen LogP contribution in [0.25, 0.3) is 0 Å². The molecule has 5 heteroatoms. The largest absolute Gasteiger partial charge is 0.396 e. The van der Waals surface area contributed by atoms with Crippen LogP contribution in [-0.2, 0) is 7.05 Å². The third-order valence-electron chi connectivity index (χ3n) is 4.17. The summed E-state index contributed by atoms with van der Waals surface area (Å²) in [6, 6.07) is 0. The van der Waals surface area contributed by atoms with Gasteiger partial charge in [-0.3, -0.25) is 9.48 Å². The van der Waals surface area contributed by atoms with Gasteiger partial charge < -0.3 is 10.6 Å². The van der Waals surface area contributed by atoms with E-state index >= 15 is 0 Å².